The van der Waals surface area contributed by atoms with Gasteiger partial charge in [0.05, 0.1) is 5.69 Å². The lowest BCUT2D eigenvalue weighted by atomic mass is 9.81. The average Bonchev–Trinajstić information content (AvgIpc) is 2.55. The molecule has 0 amide bonds. The Bertz CT molecular complexity index is 428. The molecule has 0 saturated heterocycles. The van der Waals surface area contributed by atoms with Gasteiger partial charge in [-0.1, -0.05) is 40.5 Å². The van der Waals surface area contributed by atoms with Gasteiger partial charge in [0.2, 0.25) is 0 Å². The van der Waals surface area contributed by atoms with Crippen LogP contribution in [0.3, 0.4) is 0 Å². The molecule has 18 heavy (non-hydrogen) atoms. The number of nitrogens with two attached hydrogens (primary N) is 2. The molecule has 1 aromatic heterocycles. The fraction of sp³-hybridized carbons (Fsp3) is 0.786. The van der Waals surface area contributed by atoms with Gasteiger partial charge in [0.15, 0.2) is 0 Å². The molecule has 102 valence electrons. The molecule has 0 bridgehead atoms. The van der Waals surface area contributed by atoms with Crippen molar-refractivity contribution >= 4 is 5.82 Å². The van der Waals surface area contributed by atoms with Crippen molar-refractivity contribution in [2.45, 2.75) is 64.7 Å². The summed E-state index contributed by atoms with van der Waals surface area (Å²) < 4.78 is 1.58. The Hall–Kier alpha value is -1.19. The molecule has 1 aliphatic carbocycles. The Morgan fingerprint density at radius 2 is 1.94 bits per heavy atom. The number of hydrogen-bond donors (Lipinski definition) is 2. The molecule has 2 rings (SSSR count). The van der Waals surface area contributed by atoms with Crippen LogP contribution in [0.5, 0.6) is 0 Å². The SMILES string of the molecule is CC1CCCC(c2nc(C(C)(C)C)n(N)c2N)C1. The fourth-order valence-electron chi connectivity index (χ4n) is 2.97. The smallest absolute Gasteiger partial charge is 0.146 e. The summed E-state index contributed by atoms with van der Waals surface area (Å²) in [5.41, 5.74) is 7.11. The molecule has 0 aromatic carbocycles. The van der Waals surface area contributed by atoms with Gasteiger partial charge in [-0.25, -0.2) is 9.66 Å². The maximum atomic E-state index is 6.15. The standard InChI is InChI=1S/C14H26N4/c1-9-6-5-7-10(8-9)11-12(15)18(16)13(17-11)14(2,3)4/h9-10H,5-8,15-16H2,1-4H3. The minimum atomic E-state index is -0.0681. The summed E-state index contributed by atoms with van der Waals surface area (Å²) in [6.07, 6.45) is 4.97. The van der Waals surface area contributed by atoms with Gasteiger partial charge in [-0.05, 0) is 18.8 Å². The van der Waals surface area contributed by atoms with Crippen LogP contribution in [-0.4, -0.2) is 9.66 Å². The van der Waals surface area contributed by atoms with Gasteiger partial charge in [0.25, 0.3) is 0 Å². The lowest BCUT2D eigenvalue weighted by molar-refractivity contribution is 0.340. The maximum Gasteiger partial charge on any atom is 0.146 e. The lowest BCUT2D eigenvalue weighted by Crippen LogP contribution is -2.24. The van der Waals surface area contributed by atoms with Gasteiger partial charge in [-0.2, -0.15) is 0 Å². The first-order valence-electron chi connectivity index (χ1n) is 6.94. The predicted octanol–water partition coefficient (Wildman–Crippen LogP) is 2.77. The Morgan fingerprint density at radius 3 is 2.44 bits per heavy atom. The summed E-state index contributed by atoms with van der Waals surface area (Å²) in [5, 5.41) is 0. The molecular weight excluding hydrogens is 224 g/mol. The predicted molar refractivity (Wildman–Crippen MR) is 75.9 cm³/mol. The molecule has 1 saturated carbocycles. The topological polar surface area (TPSA) is 69.9 Å². The number of hydrogen-bond acceptors (Lipinski definition) is 3. The van der Waals surface area contributed by atoms with Gasteiger partial charge in [-0.15, -0.1) is 0 Å². The average molecular weight is 250 g/mol. The summed E-state index contributed by atoms with van der Waals surface area (Å²) in [7, 11) is 0. The maximum absolute atomic E-state index is 6.15. The second-order valence-electron chi connectivity index (χ2n) is 6.79. The van der Waals surface area contributed by atoms with E-state index in [0.717, 1.165) is 17.4 Å². The molecule has 4 heteroatoms. The van der Waals surface area contributed by atoms with Crippen molar-refractivity contribution < 1.29 is 0 Å². The highest BCUT2D eigenvalue weighted by Gasteiger charge is 2.29. The normalized spacial score (nSPS) is 25.3. The number of aromatic nitrogens is 2. The number of anilines is 1. The van der Waals surface area contributed by atoms with Gasteiger partial charge >= 0.3 is 0 Å². The molecule has 1 aromatic rings. The highest BCUT2D eigenvalue weighted by Crippen LogP contribution is 2.38. The van der Waals surface area contributed by atoms with E-state index in [4.69, 9.17) is 16.6 Å². The summed E-state index contributed by atoms with van der Waals surface area (Å²) in [4.78, 5) is 4.75. The van der Waals surface area contributed by atoms with Crippen LogP contribution in [-0.2, 0) is 5.41 Å². The molecule has 4 N–H and O–H groups in total. The van der Waals surface area contributed by atoms with E-state index in [9.17, 15) is 0 Å². The van der Waals surface area contributed by atoms with Crippen molar-refractivity contribution in [2.24, 2.45) is 5.92 Å². The van der Waals surface area contributed by atoms with Crippen molar-refractivity contribution in [3.05, 3.63) is 11.5 Å². The van der Waals surface area contributed by atoms with E-state index in [2.05, 4.69) is 27.7 Å². The first kappa shape index (κ1) is 13.2. The fourth-order valence-corrected chi connectivity index (χ4v) is 2.97. The molecule has 0 aliphatic heterocycles. The van der Waals surface area contributed by atoms with E-state index in [1.165, 1.54) is 25.7 Å². The highest BCUT2D eigenvalue weighted by molar-refractivity contribution is 5.42. The summed E-state index contributed by atoms with van der Waals surface area (Å²) in [6.45, 7) is 8.66. The third-order valence-electron chi connectivity index (χ3n) is 3.97. The zero-order chi connectivity index (χ0) is 13.5. The molecule has 1 fully saturated rings. The van der Waals surface area contributed by atoms with Crippen molar-refractivity contribution in [1.82, 2.24) is 9.66 Å². The summed E-state index contributed by atoms with van der Waals surface area (Å²) >= 11 is 0. The minimum absolute atomic E-state index is 0.0681. The van der Waals surface area contributed by atoms with Crippen LogP contribution >= 0.6 is 0 Å². The quantitative estimate of drug-likeness (QED) is 0.753. The molecular formula is C14H26N4. The van der Waals surface area contributed by atoms with Gasteiger partial charge in [0.1, 0.15) is 11.6 Å². The van der Waals surface area contributed by atoms with Gasteiger partial charge in [0, 0.05) is 11.3 Å². The second kappa shape index (κ2) is 4.48. The molecule has 1 heterocycles. The van der Waals surface area contributed by atoms with E-state index in [-0.39, 0.29) is 5.41 Å². The number of rotatable bonds is 1. The van der Waals surface area contributed by atoms with Gasteiger partial charge < -0.3 is 11.6 Å². The number of nitrogen functional groups attached to an aromatic ring is 2. The first-order chi connectivity index (χ1) is 8.30. The van der Waals surface area contributed by atoms with Crippen molar-refractivity contribution in [3.8, 4) is 0 Å². The lowest BCUT2D eigenvalue weighted by Gasteiger charge is -2.25. The zero-order valence-corrected chi connectivity index (χ0v) is 12.0. The van der Waals surface area contributed by atoms with Crippen molar-refractivity contribution in [1.29, 1.82) is 0 Å². The van der Waals surface area contributed by atoms with Crippen LogP contribution < -0.4 is 11.6 Å². The van der Waals surface area contributed by atoms with Crippen LogP contribution in [0.4, 0.5) is 5.82 Å². The van der Waals surface area contributed by atoms with Crippen LogP contribution in [0.2, 0.25) is 0 Å². The Labute approximate surface area is 110 Å². The Morgan fingerprint density at radius 1 is 1.28 bits per heavy atom. The second-order valence-corrected chi connectivity index (χ2v) is 6.79. The van der Waals surface area contributed by atoms with E-state index in [1.54, 1.807) is 4.68 Å². The third-order valence-corrected chi connectivity index (χ3v) is 3.97. The molecule has 4 nitrogen and oxygen atoms in total. The van der Waals surface area contributed by atoms with Crippen molar-refractivity contribution in [2.75, 3.05) is 11.6 Å². The van der Waals surface area contributed by atoms with Crippen LogP contribution in [0.25, 0.3) is 0 Å². The third kappa shape index (κ3) is 2.33. The molecule has 0 radical (unpaired) electrons. The largest absolute Gasteiger partial charge is 0.382 e. The molecule has 2 unspecified atom stereocenters. The number of nitrogens with zero attached hydrogens (tertiary/aromatic N) is 2. The highest BCUT2D eigenvalue weighted by atomic mass is 15.4. The number of imidazole rings is 1. The van der Waals surface area contributed by atoms with Crippen LogP contribution in [0.15, 0.2) is 0 Å². The summed E-state index contributed by atoms with van der Waals surface area (Å²) in [6, 6.07) is 0. The van der Waals surface area contributed by atoms with Crippen molar-refractivity contribution in [3.63, 3.8) is 0 Å². The van der Waals surface area contributed by atoms with E-state index >= 15 is 0 Å². The van der Waals surface area contributed by atoms with Crippen LogP contribution in [0.1, 0.15) is 70.8 Å². The van der Waals surface area contributed by atoms with E-state index in [0.29, 0.717) is 11.7 Å². The van der Waals surface area contributed by atoms with Gasteiger partial charge in [-0.3, -0.25) is 0 Å². The minimum Gasteiger partial charge on any atom is -0.382 e. The molecule has 1 aliphatic rings. The Balaban J connectivity index is 2.34. The monoisotopic (exact) mass is 250 g/mol. The van der Waals surface area contributed by atoms with Crippen LogP contribution in [0, 0.1) is 5.92 Å². The van der Waals surface area contributed by atoms with E-state index < -0.39 is 0 Å². The Kier molecular flexibility index (Phi) is 3.30. The zero-order valence-electron chi connectivity index (χ0n) is 12.0. The van der Waals surface area contributed by atoms with E-state index in [1.807, 2.05) is 0 Å². The molecule has 2 atom stereocenters. The summed E-state index contributed by atoms with van der Waals surface area (Å²) in [5.74, 6) is 8.85. The molecule has 0 spiro atoms. The first-order valence-corrected chi connectivity index (χ1v) is 6.94.